The number of halogens is 1. The predicted molar refractivity (Wildman–Crippen MR) is 91.8 cm³/mol. The van der Waals surface area contributed by atoms with Crippen LogP contribution in [-0.4, -0.2) is 37.4 Å². The standard InChI is InChI=1S/C13H20FN5S2/c1-19(2)9-5-8-15-12(20)17-18-13(21)16-11-7-4-3-6-10(11)14/h3-4,6-7H,5,8-9H2,1-2H3,(H2,15,17,20)(H2,16,18,21)/p+1. The fourth-order valence-electron chi connectivity index (χ4n) is 1.52. The molecule has 1 aromatic rings. The van der Waals surface area contributed by atoms with Gasteiger partial charge < -0.3 is 15.5 Å². The van der Waals surface area contributed by atoms with Crippen molar-refractivity contribution in [2.24, 2.45) is 0 Å². The first kappa shape index (κ1) is 17.5. The van der Waals surface area contributed by atoms with Crippen molar-refractivity contribution < 1.29 is 9.29 Å². The summed E-state index contributed by atoms with van der Waals surface area (Å²) in [5.74, 6) is -0.367. The summed E-state index contributed by atoms with van der Waals surface area (Å²) in [5.41, 5.74) is 5.76. The number of rotatable bonds is 5. The molecule has 5 nitrogen and oxygen atoms in total. The van der Waals surface area contributed by atoms with Crippen molar-refractivity contribution in [3.8, 4) is 0 Å². The fraction of sp³-hybridized carbons (Fsp3) is 0.385. The zero-order chi connectivity index (χ0) is 15.7. The molecule has 0 fully saturated rings. The van der Waals surface area contributed by atoms with Crippen LogP contribution in [0, 0.1) is 5.82 Å². The summed E-state index contributed by atoms with van der Waals surface area (Å²) in [6.45, 7) is 1.85. The largest absolute Gasteiger partial charge is 0.361 e. The van der Waals surface area contributed by atoms with Crippen molar-refractivity contribution in [2.45, 2.75) is 6.42 Å². The summed E-state index contributed by atoms with van der Waals surface area (Å²) in [7, 11) is 4.20. The Hall–Kier alpha value is -1.51. The molecule has 116 valence electrons. The summed E-state index contributed by atoms with van der Waals surface area (Å²) in [6, 6.07) is 6.30. The average molecular weight is 330 g/mol. The molecule has 8 heteroatoms. The predicted octanol–water partition coefficient (Wildman–Crippen LogP) is 0.0258. The van der Waals surface area contributed by atoms with Gasteiger partial charge in [0, 0.05) is 13.0 Å². The van der Waals surface area contributed by atoms with Crippen LogP contribution in [0.1, 0.15) is 6.42 Å². The van der Waals surface area contributed by atoms with E-state index in [9.17, 15) is 4.39 Å². The molecule has 0 heterocycles. The summed E-state index contributed by atoms with van der Waals surface area (Å²) in [5, 5.41) is 6.48. The first-order valence-corrected chi connectivity index (χ1v) is 7.45. The Morgan fingerprint density at radius 3 is 2.48 bits per heavy atom. The number of anilines is 1. The van der Waals surface area contributed by atoms with Crippen LogP contribution in [0.4, 0.5) is 10.1 Å². The second kappa shape index (κ2) is 9.43. The molecule has 0 aliphatic carbocycles. The minimum atomic E-state index is -0.367. The van der Waals surface area contributed by atoms with E-state index in [1.54, 1.807) is 18.2 Å². The molecule has 0 radical (unpaired) electrons. The monoisotopic (exact) mass is 330 g/mol. The first-order valence-electron chi connectivity index (χ1n) is 6.63. The van der Waals surface area contributed by atoms with Crippen LogP contribution >= 0.6 is 24.4 Å². The molecule has 0 amide bonds. The minimum Gasteiger partial charge on any atom is -0.361 e. The van der Waals surface area contributed by atoms with E-state index in [2.05, 4.69) is 35.6 Å². The van der Waals surface area contributed by atoms with Crippen molar-refractivity contribution in [2.75, 3.05) is 32.5 Å². The molecule has 0 saturated carbocycles. The zero-order valence-electron chi connectivity index (χ0n) is 12.1. The topological polar surface area (TPSA) is 52.6 Å². The molecule has 0 bridgehead atoms. The van der Waals surface area contributed by atoms with E-state index in [0.717, 1.165) is 19.5 Å². The maximum Gasteiger partial charge on any atom is 0.189 e. The Morgan fingerprint density at radius 1 is 1.14 bits per heavy atom. The fourth-order valence-corrected chi connectivity index (χ4v) is 1.83. The molecular formula is C13H21FN5S2+. The lowest BCUT2D eigenvalue weighted by Gasteiger charge is -2.14. The summed E-state index contributed by atoms with van der Waals surface area (Å²) in [4.78, 5) is 1.39. The van der Waals surface area contributed by atoms with E-state index in [4.69, 9.17) is 24.4 Å². The van der Waals surface area contributed by atoms with Crippen LogP contribution in [0.5, 0.6) is 0 Å². The van der Waals surface area contributed by atoms with E-state index < -0.39 is 0 Å². The van der Waals surface area contributed by atoms with Gasteiger partial charge in [-0.1, -0.05) is 12.1 Å². The van der Waals surface area contributed by atoms with Gasteiger partial charge >= 0.3 is 0 Å². The van der Waals surface area contributed by atoms with Gasteiger partial charge in [0.2, 0.25) is 0 Å². The molecule has 21 heavy (non-hydrogen) atoms. The molecule has 0 aliphatic heterocycles. The molecule has 0 saturated heterocycles. The third-order valence-electron chi connectivity index (χ3n) is 2.55. The quantitative estimate of drug-likeness (QED) is 0.298. The normalized spacial score (nSPS) is 10.1. The van der Waals surface area contributed by atoms with E-state index in [0.29, 0.717) is 10.8 Å². The molecule has 1 rings (SSSR count). The molecule has 0 aliphatic rings. The molecule has 0 unspecified atom stereocenters. The van der Waals surface area contributed by atoms with Crippen LogP contribution in [0.3, 0.4) is 0 Å². The smallest absolute Gasteiger partial charge is 0.189 e. The third kappa shape index (κ3) is 7.74. The highest BCUT2D eigenvalue weighted by molar-refractivity contribution is 7.80. The Bertz CT molecular complexity index is 481. The molecule has 5 N–H and O–H groups in total. The Kier molecular flexibility index (Phi) is 7.88. The molecule has 0 atom stereocenters. The average Bonchev–Trinajstić information content (AvgIpc) is 2.44. The number of thiocarbonyl (C=S) groups is 2. The van der Waals surface area contributed by atoms with Gasteiger partial charge in [0.05, 0.1) is 26.3 Å². The molecule has 1 aromatic carbocycles. The number of hydrazine groups is 1. The van der Waals surface area contributed by atoms with Crippen molar-refractivity contribution in [1.29, 1.82) is 0 Å². The Morgan fingerprint density at radius 2 is 1.81 bits per heavy atom. The summed E-state index contributed by atoms with van der Waals surface area (Å²) >= 11 is 10.1. The maximum absolute atomic E-state index is 13.4. The maximum atomic E-state index is 13.4. The number of benzene rings is 1. The van der Waals surface area contributed by atoms with E-state index in [-0.39, 0.29) is 10.9 Å². The number of quaternary nitrogens is 1. The van der Waals surface area contributed by atoms with Gasteiger partial charge in [0.1, 0.15) is 5.82 Å². The van der Waals surface area contributed by atoms with Crippen LogP contribution in [0.25, 0.3) is 0 Å². The lowest BCUT2D eigenvalue weighted by atomic mass is 10.3. The van der Waals surface area contributed by atoms with E-state index >= 15 is 0 Å². The van der Waals surface area contributed by atoms with Gasteiger partial charge in [0.15, 0.2) is 10.2 Å². The van der Waals surface area contributed by atoms with Crippen molar-refractivity contribution in [1.82, 2.24) is 16.2 Å². The van der Waals surface area contributed by atoms with Gasteiger partial charge in [-0.05, 0) is 36.6 Å². The first-order chi connectivity index (χ1) is 9.99. The van der Waals surface area contributed by atoms with E-state index in [1.807, 2.05) is 0 Å². The van der Waals surface area contributed by atoms with Gasteiger partial charge in [-0.2, -0.15) is 0 Å². The van der Waals surface area contributed by atoms with E-state index in [1.165, 1.54) is 11.0 Å². The molecule has 0 aromatic heterocycles. The van der Waals surface area contributed by atoms with Crippen LogP contribution in [-0.2, 0) is 0 Å². The van der Waals surface area contributed by atoms with Crippen LogP contribution in [0.15, 0.2) is 24.3 Å². The lowest BCUT2D eigenvalue weighted by Crippen LogP contribution is -3.05. The molecule has 0 spiro atoms. The SMILES string of the molecule is C[NH+](C)CCCNC(=S)NNC(=S)Nc1ccccc1F. The zero-order valence-corrected chi connectivity index (χ0v) is 13.8. The third-order valence-corrected chi connectivity index (χ3v) is 3.00. The van der Waals surface area contributed by atoms with Gasteiger partial charge in [-0.25, -0.2) is 4.39 Å². The summed E-state index contributed by atoms with van der Waals surface area (Å²) < 4.78 is 13.4. The number of hydrogen-bond acceptors (Lipinski definition) is 2. The highest BCUT2D eigenvalue weighted by atomic mass is 32.1. The lowest BCUT2D eigenvalue weighted by molar-refractivity contribution is -0.858. The van der Waals surface area contributed by atoms with Crippen molar-refractivity contribution >= 4 is 40.3 Å². The second-order valence-corrected chi connectivity index (χ2v) is 5.57. The van der Waals surface area contributed by atoms with Crippen LogP contribution < -0.4 is 26.4 Å². The number of hydrogen-bond donors (Lipinski definition) is 5. The van der Waals surface area contributed by atoms with Crippen molar-refractivity contribution in [3.63, 3.8) is 0 Å². The minimum absolute atomic E-state index is 0.238. The Balaban J connectivity index is 2.21. The highest BCUT2D eigenvalue weighted by Crippen LogP contribution is 2.11. The molecular weight excluding hydrogens is 309 g/mol. The van der Waals surface area contributed by atoms with Crippen LogP contribution in [0.2, 0.25) is 0 Å². The van der Waals surface area contributed by atoms with Gasteiger partial charge in [-0.3, -0.25) is 10.9 Å². The van der Waals surface area contributed by atoms with Gasteiger partial charge in [-0.15, -0.1) is 0 Å². The number of nitrogens with one attached hydrogen (secondary N) is 5. The number of para-hydroxylation sites is 1. The van der Waals surface area contributed by atoms with Gasteiger partial charge in [0.25, 0.3) is 0 Å². The second-order valence-electron chi connectivity index (χ2n) is 4.75. The van der Waals surface area contributed by atoms with Crippen molar-refractivity contribution in [3.05, 3.63) is 30.1 Å². The Labute approximate surface area is 135 Å². The summed E-state index contributed by atoms with van der Waals surface area (Å²) in [6.07, 6.45) is 1.02. The highest BCUT2D eigenvalue weighted by Gasteiger charge is 2.03.